The summed E-state index contributed by atoms with van der Waals surface area (Å²) in [7, 11) is 1.56. The molecule has 2 rings (SSSR count). The Balaban J connectivity index is 1.90. The van der Waals surface area contributed by atoms with Gasteiger partial charge in [-0.3, -0.25) is 19.7 Å². The zero-order valence-electron chi connectivity index (χ0n) is 13.4. The van der Waals surface area contributed by atoms with Crippen LogP contribution in [-0.2, 0) is 11.3 Å². The highest BCUT2D eigenvalue weighted by molar-refractivity contribution is 5.96. The van der Waals surface area contributed by atoms with Gasteiger partial charge in [-0.1, -0.05) is 18.2 Å². The van der Waals surface area contributed by atoms with Crippen molar-refractivity contribution in [3.8, 4) is 0 Å². The molecule has 2 aromatic carbocycles. The molecule has 7 nitrogen and oxygen atoms in total. The summed E-state index contributed by atoms with van der Waals surface area (Å²) in [6, 6.07) is 11.0. The number of rotatable bonds is 6. The quantitative estimate of drug-likeness (QED) is 0.641. The van der Waals surface area contributed by atoms with Gasteiger partial charge in [-0.2, -0.15) is 0 Å². The fourth-order valence-corrected chi connectivity index (χ4v) is 2.11. The van der Waals surface area contributed by atoms with Crippen LogP contribution in [0.15, 0.2) is 48.5 Å². The van der Waals surface area contributed by atoms with Crippen LogP contribution in [0.5, 0.6) is 0 Å². The Morgan fingerprint density at radius 2 is 1.88 bits per heavy atom. The molecule has 0 aromatic heterocycles. The van der Waals surface area contributed by atoms with Crippen LogP contribution in [0.3, 0.4) is 0 Å². The van der Waals surface area contributed by atoms with Crippen LogP contribution in [0.25, 0.3) is 0 Å². The fraction of sp³-hybridized carbons (Fsp3) is 0.176. The van der Waals surface area contributed by atoms with Crippen molar-refractivity contribution in [1.29, 1.82) is 0 Å². The van der Waals surface area contributed by atoms with E-state index in [1.54, 1.807) is 19.2 Å². The molecule has 0 spiro atoms. The lowest BCUT2D eigenvalue weighted by atomic mass is 10.2. The highest BCUT2D eigenvalue weighted by Gasteiger charge is 2.14. The van der Waals surface area contributed by atoms with Crippen LogP contribution < -0.4 is 5.32 Å². The first-order chi connectivity index (χ1) is 11.9. The number of carbonyl (C=O) groups excluding carboxylic acids is 2. The smallest absolute Gasteiger partial charge is 0.270 e. The van der Waals surface area contributed by atoms with Crippen molar-refractivity contribution in [2.24, 2.45) is 0 Å². The highest BCUT2D eigenvalue weighted by atomic mass is 19.1. The summed E-state index contributed by atoms with van der Waals surface area (Å²) >= 11 is 0. The number of non-ortho nitro benzene ring substituents is 1. The molecule has 8 heteroatoms. The maximum absolute atomic E-state index is 12.9. The van der Waals surface area contributed by atoms with E-state index in [9.17, 15) is 24.1 Å². The molecule has 0 heterocycles. The first kappa shape index (κ1) is 18.1. The zero-order valence-corrected chi connectivity index (χ0v) is 13.4. The third-order valence-electron chi connectivity index (χ3n) is 3.48. The summed E-state index contributed by atoms with van der Waals surface area (Å²) < 4.78 is 12.9. The molecule has 0 saturated heterocycles. The van der Waals surface area contributed by atoms with Crippen molar-refractivity contribution in [2.45, 2.75) is 6.54 Å². The minimum atomic E-state index is -0.599. The van der Waals surface area contributed by atoms with Crippen molar-refractivity contribution in [2.75, 3.05) is 13.6 Å². The number of benzene rings is 2. The number of nitro groups is 1. The largest absolute Gasteiger partial charge is 0.343 e. The molecule has 0 aliphatic carbocycles. The predicted molar refractivity (Wildman–Crippen MR) is 88.3 cm³/mol. The van der Waals surface area contributed by atoms with Crippen LogP contribution in [0.1, 0.15) is 15.9 Å². The number of nitro benzene ring substituents is 1. The average molecular weight is 345 g/mol. The van der Waals surface area contributed by atoms with Crippen molar-refractivity contribution < 1.29 is 18.9 Å². The minimum Gasteiger partial charge on any atom is -0.343 e. The number of halogens is 1. The third-order valence-corrected chi connectivity index (χ3v) is 3.48. The van der Waals surface area contributed by atoms with E-state index in [1.807, 2.05) is 0 Å². The molecular weight excluding hydrogens is 329 g/mol. The summed E-state index contributed by atoms with van der Waals surface area (Å²) in [6.07, 6.45) is 0. The van der Waals surface area contributed by atoms with E-state index < -0.39 is 10.8 Å². The van der Waals surface area contributed by atoms with E-state index >= 15 is 0 Å². The second-order valence-corrected chi connectivity index (χ2v) is 5.37. The van der Waals surface area contributed by atoms with Gasteiger partial charge in [0.2, 0.25) is 5.91 Å². The number of amides is 2. The van der Waals surface area contributed by atoms with Crippen molar-refractivity contribution in [3.63, 3.8) is 0 Å². The molecule has 1 N–H and O–H groups in total. The van der Waals surface area contributed by atoms with Crippen molar-refractivity contribution in [1.82, 2.24) is 10.2 Å². The van der Waals surface area contributed by atoms with E-state index in [-0.39, 0.29) is 36.1 Å². The molecule has 0 unspecified atom stereocenters. The molecule has 0 fully saturated rings. The standard InChI is InChI=1S/C17H16FN3O4/c1-20(11-12-5-7-14(18)8-6-12)16(22)10-19-17(23)13-3-2-4-15(9-13)21(24)25/h2-9H,10-11H2,1H3,(H,19,23). The van der Waals surface area contributed by atoms with Gasteiger partial charge in [0, 0.05) is 31.3 Å². The van der Waals surface area contributed by atoms with Crippen LogP contribution in [0.4, 0.5) is 10.1 Å². The van der Waals surface area contributed by atoms with Crippen molar-refractivity contribution in [3.05, 3.63) is 75.6 Å². The maximum Gasteiger partial charge on any atom is 0.270 e. The summed E-state index contributed by atoms with van der Waals surface area (Å²) in [5.41, 5.74) is 0.651. The SMILES string of the molecule is CN(Cc1ccc(F)cc1)C(=O)CNC(=O)c1cccc([N+](=O)[O-])c1. The van der Waals surface area contributed by atoms with Crippen molar-refractivity contribution >= 4 is 17.5 Å². The van der Waals surface area contributed by atoms with Crippen LogP contribution in [0.2, 0.25) is 0 Å². The van der Waals surface area contributed by atoms with Crippen LogP contribution >= 0.6 is 0 Å². The van der Waals surface area contributed by atoms with E-state index in [0.29, 0.717) is 0 Å². The summed E-state index contributed by atoms with van der Waals surface area (Å²) in [6.45, 7) is 0.0189. The van der Waals surface area contributed by atoms with Gasteiger partial charge in [-0.15, -0.1) is 0 Å². The molecule has 0 radical (unpaired) electrons. The first-order valence-electron chi connectivity index (χ1n) is 7.38. The predicted octanol–water partition coefficient (Wildman–Crippen LogP) is 2.12. The normalized spacial score (nSPS) is 10.2. The van der Waals surface area contributed by atoms with Crippen LogP contribution in [-0.4, -0.2) is 35.2 Å². The topological polar surface area (TPSA) is 92.6 Å². The van der Waals surface area contributed by atoms with E-state index in [1.165, 1.54) is 35.2 Å². The second kappa shape index (κ2) is 8.00. The number of hydrogen-bond donors (Lipinski definition) is 1. The molecule has 0 bridgehead atoms. The number of nitrogens with zero attached hydrogens (tertiary/aromatic N) is 2. The Morgan fingerprint density at radius 3 is 2.52 bits per heavy atom. The second-order valence-electron chi connectivity index (χ2n) is 5.37. The minimum absolute atomic E-state index is 0.100. The fourth-order valence-electron chi connectivity index (χ4n) is 2.11. The lowest BCUT2D eigenvalue weighted by Crippen LogP contribution is -2.37. The Hall–Kier alpha value is -3.29. The molecule has 130 valence electrons. The number of hydrogen-bond acceptors (Lipinski definition) is 4. The lowest BCUT2D eigenvalue weighted by molar-refractivity contribution is -0.384. The summed E-state index contributed by atoms with van der Waals surface area (Å²) in [4.78, 5) is 35.6. The molecule has 0 atom stereocenters. The lowest BCUT2D eigenvalue weighted by Gasteiger charge is -2.17. The average Bonchev–Trinajstić information content (AvgIpc) is 2.61. The molecule has 0 aliphatic heterocycles. The molecule has 0 aliphatic rings. The van der Waals surface area contributed by atoms with Gasteiger partial charge in [0.25, 0.3) is 11.6 Å². The Bertz CT molecular complexity index is 793. The van der Waals surface area contributed by atoms with Gasteiger partial charge in [0.05, 0.1) is 11.5 Å². The molecule has 0 saturated carbocycles. The Kier molecular flexibility index (Phi) is 5.78. The molecule has 2 aromatic rings. The first-order valence-corrected chi connectivity index (χ1v) is 7.38. The third kappa shape index (κ3) is 5.10. The van der Waals surface area contributed by atoms with Gasteiger partial charge in [-0.05, 0) is 23.8 Å². The molecule has 25 heavy (non-hydrogen) atoms. The monoisotopic (exact) mass is 345 g/mol. The molecular formula is C17H16FN3O4. The van der Waals surface area contributed by atoms with Gasteiger partial charge < -0.3 is 10.2 Å². The van der Waals surface area contributed by atoms with E-state index in [4.69, 9.17) is 0 Å². The summed E-state index contributed by atoms with van der Waals surface area (Å²) in [5.74, 6) is -1.28. The summed E-state index contributed by atoms with van der Waals surface area (Å²) in [5, 5.41) is 13.1. The Morgan fingerprint density at radius 1 is 1.20 bits per heavy atom. The van der Waals surface area contributed by atoms with Gasteiger partial charge in [0.1, 0.15) is 5.82 Å². The highest BCUT2D eigenvalue weighted by Crippen LogP contribution is 2.13. The number of nitrogens with one attached hydrogen (secondary N) is 1. The maximum atomic E-state index is 12.9. The number of likely N-dealkylation sites (N-methyl/N-ethyl adjacent to an activating group) is 1. The van der Waals surface area contributed by atoms with Gasteiger partial charge in [-0.25, -0.2) is 4.39 Å². The molecule has 2 amide bonds. The Labute approximate surface area is 143 Å². The zero-order chi connectivity index (χ0) is 18.4. The van der Waals surface area contributed by atoms with Gasteiger partial charge in [0.15, 0.2) is 0 Å². The number of carbonyl (C=O) groups is 2. The van der Waals surface area contributed by atoms with Gasteiger partial charge >= 0.3 is 0 Å². The van der Waals surface area contributed by atoms with E-state index in [0.717, 1.165) is 11.6 Å². The van der Waals surface area contributed by atoms with Crippen LogP contribution in [0, 0.1) is 15.9 Å². The van der Waals surface area contributed by atoms with E-state index in [2.05, 4.69) is 5.32 Å².